The maximum Gasteiger partial charge on any atom is 0.246 e. The van der Waals surface area contributed by atoms with Crippen LogP contribution >= 0.6 is 0 Å². The largest absolute Gasteiger partial charge is 0.376 e. The zero-order valence-corrected chi connectivity index (χ0v) is 13.3. The van der Waals surface area contributed by atoms with Crippen molar-refractivity contribution in [1.29, 1.82) is 0 Å². The van der Waals surface area contributed by atoms with Crippen molar-refractivity contribution in [2.45, 2.75) is 64.5 Å². The summed E-state index contributed by atoms with van der Waals surface area (Å²) in [5.74, 6) is -0.0994. The molecule has 0 rings (SSSR count). The summed E-state index contributed by atoms with van der Waals surface area (Å²) in [6, 6.07) is -0.0169. The molecule has 4 nitrogen and oxygen atoms in total. The molecular formula is C16H31NO3. The molecule has 1 amide bonds. The summed E-state index contributed by atoms with van der Waals surface area (Å²) in [7, 11) is 1.52. The number of methoxy groups -OCH3 is 1. The quantitative estimate of drug-likeness (QED) is 0.418. The molecule has 0 aromatic heterocycles. The number of amides is 1. The Morgan fingerprint density at radius 2 is 2.05 bits per heavy atom. The molecule has 0 fully saturated rings. The van der Waals surface area contributed by atoms with Gasteiger partial charge in [-0.25, -0.2) is 0 Å². The van der Waals surface area contributed by atoms with E-state index < -0.39 is 0 Å². The lowest BCUT2D eigenvalue weighted by atomic mass is 10.0. The van der Waals surface area contributed by atoms with Gasteiger partial charge in [0.2, 0.25) is 5.91 Å². The van der Waals surface area contributed by atoms with Crippen molar-refractivity contribution in [1.82, 2.24) is 5.32 Å². The number of hydrogen-bond acceptors (Lipinski definition) is 3. The van der Waals surface area contributed by atoms with E-state index in [1.54, 1.807) is 0 Å². The molecule has 0 aromatic rings. The Morgan fingerprint density at radius 1 is 1.30 bits per heavy atom. The number of unbranched alkanes of at least 4 members (excludes halogenated alkanes) is 3. The summed E-state index contributed by atoms with van der Waals surface area (Å²) < 4.78 is 10.7. The summed E-state index contributed by atoms with van der Waals surface area (Å²) >= 11 is 0. The number of carbonyl (C=O) groups excluding carboxylic acids is 1. The monoisotopic (exact) mass is 285 g/mol. The highest BCUT2D eigenvalue weighted by Crippen LogP contribution is 2.14. The fraction of sp³-hybridized carbons (Fsp3) is 0.812. The smallest absolute Gasteiger partial charge is 0.246 e. The van der Waals surface area contributed by atoms with E-state index in [-0.39, 0.29) is 24.7 Å². The van der Waals surface area contributed by atoms with Crippen LogP contribution in [0.4, 0.5) is 0 Å². The molecule has 0 aromatic carbocycles. The lowest BCUT2D eigenvalue weighted by Crippen LogP contribution is -2.45. The number of hydrogen-bond donors (Lipinski definition) is 1. The highest BCUT2D eigenvalue weighted by Gasteiger charge is 2.22. The molecule has 0 aliphatic rings. The average Bonchev–Trinajstić information content (AvgIpc) is 2.42. The first-order valence-corrected chi connectivity index (χ1v) is 7.70. The van der Waals surface area contributed by atoms with Gasteiger partial charge in [0.25, 0.3) is 0 Å². The van der Waals surface area contributed by atoms with Gasteiger partial charge < -0.3 is 14.8 Å². The molecular weight excluding hydrogens is 254 g/mol. The molecule has 4 heteroatoms. The van der Waals surface area contributed by atoms with Crippen molar-refractivity contribution in [3.05, 3.63) is 12.7 Å². The molecule has 1 N–H and O–H groups in total. The zero-order chi connectivity index (χ0) is 15.2. The van der Waals surface area contributed by atoms with E-state index in [0.29, 0.717) is 13.0 Å². The Bertz CT molecular complexity index is 256. The van der Waals surface area contributed by atoms with Gasteiger partial charge in [-0.15, -0.1) is 6.58 Å². The van der Waals surface area contributed by atoms with E-state index in [0.717, 1.165) is 12.8 Å². The van der Waals surface area contributed by atoms with Gasteiger partial charge in [-0.2, -0.15) is 0 Å². The van der Waals surface area contributed by atoms with Crippen LogP contribution in [0.1, 0.15) is 52.4 Å². The van der Waals surface area contributed by atoms with Gasteiger partial charge >= 0.3 is 0 Å². The van der Waals surface area contributed by atoms with E-state index in [1.807, 2.05) is 13.0 Å². The van der Waals surface area contributed by atoms with Crippen LogP contribution in [0.15, 0.2) is 12.7 Å². The van der Waals surface area contributed by atoms with Gasteiger partial charge in [0, 0.05) is 13.7 Å². The maximum atomic E-state index is 11.7. The minimum Gasteiger partial charge on any atom is -0.376 e. The molecule has 0 heterocycles. The number of nitrogens with one attached hydrogen (secondary N) is 1. The Hall–Kier alpha value is -0.870. The van der Waals surface area contributed by atoms with Gasteiger partial charge in [0.05, 0.1) is 12.1 Å². The summed E-state index contributed by atoms with van der Waals surface area (Å²) in [6.45, 7) is 8.70. The van der Waals surface area contributed by atoms with Gasteiger partial charge in [0.1, 0.15) is 6.61 Å². The molecule has 2 atom stereocenters. The van der Waals surface area contributed by atoms with Crippen LogP contribution in [0.25, 0.3) is 0 Å². The lowest BCUT2D eigenvalue weighted by molar-refractivity contribution is -0.126. The molecule has 118 valence electrons. The molecule has 0 radical (unpaired) electrons. The second-order valence-corrected chi connectivity index (χ2v) is 4.97. The second-order valence-electron chi connectivity index (χ2n) is 4.97. The van der Waals surface area contributed by atoms with E-state index >= 15 is 0 Å². The normalized spacial score (nSPS) is 13.8. The highest BCUT2D eigenvalue weighted by atomic mass is 16.5. The van der Waals surface area contributed by atoms with Crippen LogP contribution in [0, 0.1) is 0 Å². The molecule has 20 heavy (non-hydrogen) atoms. The van der Waals surface area contributed by atoms with Crippen molar-refractivity contribution >= 4 is 5.91 Å². The predicted octanol–water partition coefficient (Wildman–Crippen LogP) is 3.07. The second kappa shape index (κ2) is 13.1. The van der Waals surface area contributed by atoms with Crippen molar-refractivity contribution < 1.29 is 14.3 Å². The number of carbonyl (C=O) groups is 1. The summed E-state index contributed by atoms with van der Waals surface area (Å²) in [4.78, 5) is 11.7. The predicted molar refractivity (Wildman–Crippen MR) is 82.8 cm³/mol. The van der Waals surface area contributed by atoms with E-state index in [1.165, 1.54) is 26.4 Å². The number of ether oxygens (including phenoxy) is 2. The van der Waals surface area contributed by atoms with Crippen LogP contribution in [0.5, 0.6) is 0 Å². The first-order valence-electron chi connectivity index (χ1n) is 7.70. The Kier molecular flexibility index (Phi) is 12.6. The fourth-order valence-corrected chi connectivity index (χ4v) is 2.25. The third-order valence-electron chi connectivity index (χ3n) is 3.21. The summed E-state index contributed by atoms with van der Waals surface area (Å²) in [6.07, 6.45) is 8.39. The van der Waals surface area contributed by atoms with Crippen molar-refractivity contribution in [3.8, 4) is 0 Å². The van der Waals surface area contributed by atoms with Crippen LogP contribution in [0.3, 0.4) is 0 Å². The van der Waals surface area contributed by atoms with E-state index in [2.05, 4.69) is 18.8 Å². The Morgan fingerprint density at radius 3 is 2.60 bits per heavy atom. The molecule has 0 aliphatic carbocycles. The maximum absolute atomic E-state index is 11.7. The average molecular weight is 285 g/mol. The van der Waals surface area contributed by atoms with Crippen molar-refractivity contribution in [2.75, 3.05) is 20.3 Å². The summed E-state index contributed by atoms with van der Waals surface area (Å²) in [5.41, 5.74) is 0. The summed E-state index contributed by atoms with van der Waals surface area (Å²) in [5, 5.41) is 2.98. The van der Waals surface area contributed by atoms with Crippen LogP contribution in [-0.4, -0.2) is 38.4 Å². The van der Waals surface area contributed by atoms with Crippen molar-refractivity contribution in [2.24, 2.45) is 0 Å². The fourth-order valence-electron chi connectivity index (χ4n) is 2.25. The molecule has 0 spiro atoms. The van der Waals surface area contributed by atoms with Crippen LogP contribution in [-0.2, 0) is 14.3 Å². The topological polar surface area (TPSA) is 47.6 Å². The molecule has 0 unspecified atom stereocenters. The van der Waals surface area contributed by atoms with Crippen LogP contribution < -0.4 is 5.32 Å². The number of rotatable bonds is 13. The minimum absolute atomic E-state index is 0.0169. The first kappa shape index (κ1) is 19.1. The first-order chi connectivity index (χ1) is 9.69. The highest BCUT2D eigenvalue weighted by molar-refractivity contribution is 5.77. The van der Waals surface area contributed by atoms with Gasteiger partial charge in [-0.3, -0.25) is 4.79 Å². The van der Waals surface area contributed by atoms with Crippen molar-refractivity contribution in [3.63, 3.8) is 0 Å². The molecule has 0 saturated carbocycles. The molecule has 0 bridgehead atoms. The third kappa shape index (κ3) is 9.10. The van der Waals surface area contributed by atoms with Gasteiger partial charge in [-0.1, -0.05) is 38.7 Å². The lowest BCUT2D eigenvalue weighted by Gasteiger charge is -2.27. The molecule has 0 aliphatic heterocycles. The van der Waals surface area contributed by atoms with Gasteiger partial charge in [0.15, 0.2) is 0 Å². The Balaban J connectivity index is 4.41. The zero-order valence-electron chi connectivity index (χ0n) is 13.3. The Labute approximate surface area is 123 Å². The van der Waals surface area contributed by atoms with E-state index in [9.17, 15) is 4.79 Å². The van der Waals surface area contributed by atoms with Crippen LogP contribution in [0.2, 0.25) is 0 Å². The third-order valence-corrected chi connectivity index (χ3v) is 3.21. The standard InChI is InChI=1S/C16H31NO3/c1-5-8-9-10-12-15(20-7-3)14(11-6-2)17-16(18)13-19-4/h6,14-15H,2,5,7-13H2,1,3-4H3,(H,17,18)/t14-,15-/m1/s1. The molecule has 0 saturated heterocycles. The van der Waals surface area contributed by atoms with Gasteiger partial charge in [-0.05, 0) is 19.8 Å². The SMILES string of the molecule is C=CC[C@@H](NC(=O)COC)[C@@H](CCCCCC)OCC. The van der Waals surface area contributed by atoms with E-state index in [4.69, 9.17) is 9.47 Å². The minimum atomic E-state index is -0.0994.